The summed E-state index contributed by atoms with van der Waals surface area (Å²) < 4.78 is 11.2. The van der Waals surface area contributed by atoms with Crippen molar-refractivity contribution >= 4 is 11.6 Å². The fraction of sp³-hybridized carbons (Fsp3) is 0.400. The summed E-state index contributed by atoms with van der Waals surface area (Å²) in [5.74, 6) is 1.55. The van der Waals surface area contributed by atoms with Gasteiger partial charge in [-0.05, 0) is 42.3 Å². The Morgan fingerprint density at radius 2 is 1.72 bits per heavy atom. The van der Waals surface area contributed by atoms with Gasteiger partial charge in [-0.25, -0.2) is 0 Å². The average molecular weight is 361 g/mol. The van der Waals surface area contributed by atoms with E-state index in [1.807, 2.05) is 25.1 Å². The largest absolute Gasteiger partial charge is 0.493 e. The SMILES string of the molecule is CCOc1ccc(C(c2ccc(Cl)cc2)N2CCNCC2)cc1OC. The van der Waals surface area contributed by atoms with E-state index in [9.17, 15) is 0 Å². The molecule has 1 unspecified atom stereocenters. The Kier molecular flexibility index (Phi) is 6.19. The minimum Gasteiger partial charge on any atom is -0.493 e. The normalized spacial score (nSPS) is 16.4. The standard InChI is InChI=1S/C20H25ClN2O2/c1-3-25-18-9-6-16(14-19(18)24-2)20(23-12-10-22-11-13-23)15-4-7-17(21)8-5-15/h4-9,14,20,22H,3,10-13H2,1-2H3. The van der Waals surface area contributed by atoms with Crippen LogP contribution < -0.4 is 14.8 Å². The number of piperazine rings is 1. The average Bonchev–Trinajstić information content (AvgIpc) is 2.65. The van der Waals surface area contributed by atoms with Crippen LogP contribution in [-0.4, -0.2) is 44.8 Å². The third kappa shape index (κ3) is 4.27. The molecule has 25 heavy (non-hydrogen) atoms. The molecule has 1 saturated heterocycles. The van der Waals surface area contributed by atoms with E-state index in [0.29, 0.717) is 6.61 Å². The lowest BCUT2D eigenvalue weighted by Gasteiger charge is -2.35. The Morgan fingerprint density at radius 1 is 1.04 bits per heavy atom. The smallest absolute Gasteiger partial charge is 0.161 e. The van der Waals surface area contributed by atoms with E-state index in [-0.39, 0.29) is 6.04 Å². The highest BCUT2D eigenvalue weighted by Crippen LogP contribution is 2.35. The molecule has 2 aromatic carbocycles. The Morgan fingerprint density at radius 3 is 2.36 bits per heavy atom. The number of benzene rings is 2. The number of hydrogen-bond acceptors (Lipinski definition) is 4. The Bertz CT molecular complexity index is 685. The summed E-state index contributed by atoms with van der Waals surface area (Å²) in [6.45, 7) is 6.60. The summed E-state index contributed by atoms with van der Waals surface area (Å²) in [6.07, 6.45) is 0. The Labute approximate surface area is 154 Å². The molecule has 0 bridgehead atoms. The van der Waals surface area contributed by atoms with Gasteiger partial charge in [-0.1, -0.05) is 29.8 Å². The molecule has 134 valence electrons. The number of ether oxygens (including phenoxy) is 2. The second-order valence-corrected chi connectivity index (χ2v) is 6.52. The molecule has 0 amide bonds. The lowest BCUT2D eigenvalue weighted by molar-refractivity contribution is 0.198. The molecule has 0 radical (unpaired) electrons. The number of hydrogen-bond donors (Lipinski definition) is 1. The lowest BCUT2D eigenvalue weighted by Crippen LogP contribution is -2.45. The molecule has 5 heteroatoms. The van der Waals surface area contributed by atoms with Crippen LogP contribution in [0.3, 0.4) is 0 Å². The first-order valence-corrected chi connectivity index (χ1v) is 9.11. The number of halogens is 1. The van der Waals surface area contributed by atoms with E-state index in [4.69, 9.17) is 21.1 Å². The van der Waals surface area contributed by atoms with E-state index in [1.165, 1.54) is 11.1 Å². The van der Waals surface area contributed by atoms with Crippen molar-refractivity contribution in [3.8, 4) is 11.5 Å². The van der Waals surface area contributed by atoms with Gasteiger partial charge in [-0.15, -0.1) is 0 Å². The van der Waals surface area contributed by atoms with Gasteiger partial charge < -0.3 is 14.8 Å². The van der Waals surface area contributed by atoms with Gasteiger partial charge in [0, 0.05) is 31.2 Å². The predicted octanol–water partition coefficient (Wildman–Crippen LogP) is 3.74. The highest BCUT2D eigenvalue weighted by molar-refractivity contribution is 6.30. The van der Waals surface area contributed by atoms with Gasteiger partial charge in [0.1, 0.15) is 0 Å². The minimum absolute atomic E-state index is 0.170. The van der Waals surface area contributed by atoms with Gasteiger partial charge >= 0.3 is 0 Å². The van der Waals surface area contributed by atoms with Crippen molar-refractivity contribution in [3.63, 3.8) is 0 Å². The van der Waals surface area contributed by atoms with E-state index >= 15 is 0 Å². The highest BCUT2D eigenvalue weighted by atomic mass is 35.5. The monoisotopic (exact) mass is 360 g/mol. The van der Waals surface area contributed by atoms with Gasteiger partial charge in [0.15, 0.2) is 11.5 Å². The van der Waals surface area contributed by atoms with Crippen molar-refractivity contribution in [3.05, 3.63) is 58.6 Å². The number of nitrogens with one attached hydrogen (secondary N) is 1. The number of nitrogens with zero attached hydrogens (tertiary/aromatic N) is 1. The van der Waals surface area contributed by atoms with Crippen LogP contribution in [0.15, 0.2) is 42.5 Å². The molecule has 0 saturated carbocycles. The summed E-state index contributed by atoms with van der Waals surface area (Å²) in [4.78, 5) is 2.49. The van der Waals surface area contributed by atoms with Crippen molar-refractivity contribution in [2.75, 3.05) is 39.9 Å². The summed E-state index contributed by atoms with van der Waals surface area (Å²) in [5.41, 5.74) is 2.43. The van der Waals surface area contributed by atoms with E-state index in [0.717, 1.165) is 42.7 Å². The van der Waals surface area contributed by atoms with Gasteiger partial charge in [-0.3, -0.25) is 4.90 Å². The maximum Gasteiger partial charge on any atom is 0.161 e. The molecule has 1 atom stereocenters. The second-order valence-electron chi connectivity index (χ2n) is 6.08. The third-order valence-electron chi connectivity index (χ3n) is 4.51. The lowest BCUT2D eigenvalue weighted by atomic mass is 9.96. The molecule has 1 aliphatic rings. The van der Waals surface area contributed by atoms with Crippen LogP contribution in [0.2, 0.25) is 5.02 Å². The van der Waals surface area contributed by atoms with Crippen molar-refractivity contribution in [2.24, 2.45) is 0 Å². The molecule has 0 spiro atoms. The Balaban J connectivity index is 1.99. The van der Waals surface area contributed by atoms with E-state index < -0.39 is 0 Å². The third-order valence-corrected chi connectivity index (χ3v) is 4.76. The second kappa shape index (κ2) is 8.56. The van der Waals surface area contributed by atoms with Crippen LogP contribution in [0.1, 0.15) is 24.1 Å². The van der Waals surface area contributed by atoms with Crippen LogP contribution >= 0.6 is 11.6 Å². The molecular weight excluding hydrogens is 336 g/mol. The van der Waals surface area contributed by atoms with Gasteiger partial charge in [0.25, 0.3) is 0 Å². The van der Waals surface area contributed by atoms with Crippen molar-refractivity contribution < 1.29 is 9.47 Å². The van der Waals surface area contributed by atoms with Crippen molar-refractivity contribution in [1.82, 2.24) is 10.2 Å². The summed E-state index contributed by atoms with van der Waals surface area (Å²) >= 11 is 6.09. The first-order valence-electron chi connectivity index (χ1n) is 8.74. The molecule has 1 aliphatic heterocycles. The van der Waals surface area contributed by atoms with E-state index in [1.54, 1.807) is 7.11 Å². The zero-order valence-electron chi connectivity index (χ0n) is 14.8. The fourth-order valence-corrected chi connectivity index (χ4v) is 3.45. The molecular formula is C20H25ClN2O2. The fourth-order valence-electron chi connectivity index (χ4n) is 3.33. The zero-order chi connectivity index (χ0) is 17.6. The number of methoxy groups -OCH3 is 1. The highest BCUT2D eigenvalue weighted by Gasteiger charge is 2.25. The number of rotatable bonds is 6. The molecule has 0 aliphatic carbocycles. The maximum absolute atomic E-state index is 6.09. The van der Waals surface area contributed by atoms with Crippen molar-refractivity contribution in [2.45, 2.75) is 13.0 Å². The summed E-state index contributed by atoms with van der Waals surface area (Å²) in [7, 11) is 1.68. The van der Waals surface area contributed by atoms with Crippen LogP contribution in [0.25, 0.3) is 0 Å². The van der Waals surface area contributed by atoms with Gasteiger partial charge in [0.05, 0.1) is 19.8 Å². The summed E-state index contributed by atoms with van der Waals surface area (Å²) in [6, 6.07) is 14.5. The first-order chi connectivity index (χ1) is 12.2. The molecule has 1 fully saturated rings. The minimum atomic E-state index is 0.170. The van der Waals surface area contributed by atoms with Crippen LogP contribution in [0.5, 0.6) is 11.5 Å². The van der Waals surface area contributed by atoms with Crippen LogP contribution in [0, 0.1) is 0 Å². The molecule has 2 aromatic rings. The summed E-state index contributed by atoms with van der Waals surface area (Å²) in [5, 5.41) is 4.18. The van der Waals surface area contributed by atoms with Crippen LogP contribution in [-0.2, 0) is 0 Å². The zero-order valence-corrected chi connectivity index (χ0v) is 15.6. The van der Waals surface area contributed by atoms with Gasteiger partial charge in [0.2, 0.25) is 0 Å². The molecule has 4 nitrogen and oxygen atoms in total. The van der Waals surface area contributed by atoms with Gasteiger partial charge in [-0.2, -0.15) is 0 Å². The molecule has 0 aromatic heterocycles. The molecule has 3 rings (SSSR count). The van der Waals surface area contributed by atoms with Crippen molar-refractivity contribution in [1.29, 1.82) is 0 Å². The predicted molar refractivity (Wildman–Crippen MR) is 102 cm³/mol. The maximum atomic E-state index is 6.09. The van der Waals surface area contributed by atoms with Crippen LogP contribution in [0.4, 0.5) is 0 Å². The quantitative estimate of drug-likeness (QED) is 0.850. The first kappa shape index (κ1) is 18.1. The van der Waals surface area contributed by atoms with E-state index in [2.05, 4.69) is 34.5 Å². The molecule has 1 N–H and O–H groups in total. The topological polar surface area (TPSA) is 33.7 Å². The Hall–Kier alpha value is -1.75. The molecule has 1 heterocycles.